The molecule has 2 heteroatoms. The molecule has 104 valence electrons. The lowest BCUT2D eigenvalue weighted by atomic mass is 10.1. The van der Waals surface area contributed by atoms with Gasteiger partial charge < -0.3 is 4.74 Å². The first-order valence-electron chi connectivity index (χ1n) is 6.98. The van der Waals surface area contributed by atoms with Crippen LogP contribution in [-0.4, -0.2) is 4.98 Å². The zero-order chi connectivity index (χ0) is 14.5. The highest BCUT2D eigenvalue weighted by atomic mass is 16.5. The fourth-order valence-electron chi connectivity index (χ4n) is 1.93. The Hall–Kier alpha value is -2.09. The fourth-order valence-corrected chi connectivity index (χ4v) is 1.93. The molecule has 1 aromatic carbocycles. The van der Waals surface area contributed by atoms with E-state index in [9.17, 15) is 0 Å². The third kappa shape index (κ3) is 3.27. The Bertz CT molecular complexity index is 612. The summed E-state index contributed by atoms with van der Waals surface area (Å²) in [6.07, 6.45) is 2.71. The Morgan fingerprint density at radius 2 is 1.80 bits per heavy atom. The van der Waals surface area contributed by atoms with Gasteiger partial charge >= 0.3 is 0 Å². The predicted octanol–water partition coefficient (Wildman–Crippen LogP) is 4.92. The summed E-state index contributed by atoms with van der Waals surface area (Å²) in [6.45, 7) is 8.34. The predicted molar refractivity (Wildman–Crippen MR) is 83.7 cm³/mol. The van der Waals surface area contributed by atoms with Crippen LogP contribution >= 0.6 is 0 Å². The molecule has 0 aliphatic heterocycles. The number of ether oxygens (including phenoxy) is 1. The maximum atomic E-state index is 6.09. The normalized spacial score (nSPS) is 12.0. The van der Waals surface area contributed by atoms with Gasteiger partial charge in [-0.2, -0.15) is 0 Å². The number of rotatable bonds is 4. The molecular formula is C18H21NO. The summed E-state index contributed by atoms with van der Waals surface area (Å²) in [5, 5.41) is 0. The molecule has 0 radical (unpaired) electrons. The van der Waals surface area contributed by atoms with Gasteiger partial charge in [0.25, 0.3) is 0 Å². The zero-order valence-electron chi connectivity index (χ0n) is 12.6. The Labute approximate surface area is 121 Å². The second-order valence-electron chi connectivity index (χ2n) is 5.06. The summed E-state index contributed by atoms with van der Waals surface area (Å²) in [5.41, 5.74) is 4.61. The average Bonchev–Trinajstić information content (AvgIpc) is 2.47. The summed E-state index contributed by atoms with van der Waals surface area (Å²) in [7, 11) is 0. The van der Waals surface area contributed by atoms with Crippen molar-refractivity contribution in [3.05, 3.63) is 64.9 Å². The minimum atomic E-state index is 0.677. The van der Waals surface area contributed by atoms with Crippen LogP contribution in [-0.2, 0) is 0 Å². The third-order valence-corrected chi connectivity index (χ3v) is 3.39. The number of pyridine rings is 1. The molecule has 0 N–H and O–H groups in total. The lowest BCUT2D eigenvalue weighted by molar-refractivity contribution is 0.483. The van der Waals surface area contributed by atoms with Crippen molar-refractivity contribution >= 4 is 5.76 Å². The second kappa shape index (κ2) is 6.38. The van der Waals surface area contributed by atoms with Gasteiger partial charge in [-0.05, 0) is 38.8 Å². The van der Waals surface area contributed by atoms with Crippen LogP contribution < -0.4 is 4.74 Å². The van der Waals surface area contributed by atoms with Gasteiger partial charge in [0.1, 0.15) is 5.76 Å². The van der Waals surface area contributed by atoms with Crippen LogP contribution in [0.4, 0.5) is 0 Å². The lowest BCUT2D eigenvalue weighted by Gasteiger charge is -2.14. The fraction of sp³-hybridized carbons (Fsp3) is 0.278. The number of allylic oxidation sites excluding steroid dienone is 1. The Morgan fingerprint density at radius 3 is 2.40 bits per heavy atom. The van der Waals surface area contributed by atoms with Gasteiger partial charge in [0.2, 0.25) is 5.88 Å². The Balaban J connectivity index is 2.40. The molecule has 1 aromatic heterocycles. The molecule has 0 amide bonds. The highest BCUT2D eigenvalue weighted by Gasteiger charge is 2.10. The molecule has 0 saturated carbocycles. The maximum Gasteiger partial charge on any atom is 0.222 e. The molecule has 0 unspecified atom stereocenters. The quantitative estimate of drug-likeness (QED) is 0.734. The molecule has 0 atom stereocenters. The molecule has 20 heavy (non-hydrogen) atoms. The first kappa shape index (κ1) is 14.3. The minimum Gasteiger partial charge on any atom is -0.438 e. The van der Waals surface area contributed by atoms with Crippen molar-refractivity contribution in [2.24, 2.45) is 0 Å². The summed E-state index contributed by atoms with van der Waals surface area (Å²) in [6, 6.07) is 12.3. The molecule has 0 saturated heterocycles. The molecule has 0 aliphatic rings. The number of aromatic nitrogens is 1. The van der Waals surface area contributed by atoms with E-state index in [1.165, 1.54) is 11.1 Å². The number of hydrogen-bond acceptors (Lipinski definition) is 2. The van der Waals surface area contributed by atoms with E-state index in [-0.39, 0.29) is 0 Å². The van der Waals surface area contributed by atoms with Gasteiger partial charge in [0, 0.05) is 17.3 Å². The van der Waals surface area contributed by atoms with E-state index >= 15 is 0 Å². The number of nitrogens with zero attached hydrogens (tertiary/aromatic N) is 1. The van der Waals surface area contributed by atoms with E-state index < -0.39 is 0 Å². The largest absolute Gasteiger partial charge is 0.438 e. The van der Waals surface area contributed by atoms with Crippen molar-refractivity contribution in [1.29, 1.82) is 0 Å². The lowest BCUT2D eigenvalue weighted by Crippen LogP contribution is -2.01. The monoisotopic (exact) mass is 267 g/mol. The van der Waals surface area contributed by atoms with Gasteiger partial charge in [0.15, 0.2) is 0 Å². The highest BCUT2D eigenvalue weighted by Crippen LogP contribution is 2.26. The molecule has 2 aromatic rings. The average molecular weight is 267 g/mol. The van der Waals surface area contributed by atoms with Crippen molar-refractivity contribution in [1.82, 2.24) is 4.98 Å². The van der Waals surface area contributed by atoms with Gasteiger partial charge in [0.05, 0.1) is 0 Å². The van der Waals surface area contributed by atoms with Gasteiger partial charge in [-0.1, -0.05) is 42.8 Å². The van der Waals surface area contributed by atoms with Crippen LogP contribution in [0.1, 0.15) is 37.0 Å². The standard InChI is InChI=1S/C18H21NO/c1-5-14(3)17(16-10-8-13(2)9-11-16)20-18-15(4)7-6-12-19-18/h6-12H,5H2,1-4H3/b17-14+. The van der Waals surface area contributed by atoms with Crippen molar-refractivity contribution in [3.63, 3.8) is 0 Å². The van der Waals surface area contributed by atoms with Crippen LogP contribution in [0.2, 0.25) is 0 Å². The number of aryl methyl sites for hydroxylation is 2. The van der Waals surface area contributed by atoms with Gasteiger partial charge in [-0.25, -0.2) is 4.98 Å². The third-order valence-electron chi connectivity index (χ3n) is 3.39. The number of benzene rings is 1. The Kier molecular flexibility index (Phi) is 4.57. The van der Waals surface area contributed by atoms with Crippen LogP contribution in [0.3, 0.4) is 0 Å². The van der Waals surface area contributed by atoms with Crippen LogP contribution in [0.15, 0.2) is 48.2 Å². The minimum absolute atomic E-state index is 0.677. The second-order valence-corrected chi connectivity index (χ2v) is 5.06. The van der Waals surface area contributed by atoms with Crippen LogP contribution in [0.5, 0.6) is 5.88 Å². The van der Waals surface area contributed by atoms with Crippen molar-refractivity contribution < 1.29 is 4.74 Å². The Morgan fingerprint density at radius 1 is 1.10 bits per heavy atom. The van der Waals surface area contributed by atoms with E-state index in [1.807, 2.05) is 19.1 Å². The summed E-state index contributed by atoms with van der Waals surface area (Å²) < 4.78 is 6.09. The summed E-state index contributed by atoms with van der Waals surface area (Å²) >= 11 is 0. The SMILES string of the molecule is CC/C(C)=C(/Oc1ncccc1C)c1ccc(C)cc1. The van der Waals surface area contributed by atoms with E-state index in [0.717, 1.165) is 23.3 Å². The molecule has 0 spiro atoms. The molecule has 2 rings (SSSR count). The van der Waals surface area contributed by atoms with E-state index in [4.69, 9.17) is 4.74 Å². The van der Waals surface area contributed by atoms with Crippen LogP contribution in [0.25, 0.3) is 5.76 Å². The highest BCUT2D eigenvalue weighted by molar-refractivity contribution is 5.65. The van der Waals surface area contributed by atoms with Crippen LogP contribution in [0, 0.1) is 13.8 Å². The smallest absolute Gasteiger partial charge is 0.222 e. The van der Waals surface area contributed by atoms with E-state index in [2.05, 4.69) is 50.0 Å². The summed E-state index contributed by atoms with van der Waals surface area (Å²) in [5.74, 6) is 1.59. The van der Waals surface area contributed by atoms with E-state index in [0.29, 0.717) is 5.88 Å². The molecular weight excluding hydrogens is 246 g/mol. The molecule has 0 aliphatic carbocycles. The van der Waals surface area contributed by atoms with Crippen molar-refractivity contribution in [2.75, 3.05) is 0 Å². The molecule has 2 nitrogen and oxygen atoms in total. The molecule has 1 heterocycles. The van der Waals surface area contributed by atoms with E-state index in [1.54, 1.807) is 6.20 Å². The summed E-state index contributed by atoms with van der Waals surface area (Å²) in [4.78, 5) is 4.32. The van der Waals surface area contributed by atoms with Gasteiger partial charge in [-0.3, -0.25) is 0 Å². The first-order valence-corrected chi connectivity index (χ1v) is 6.98. The van der Waals surface area contributed by atoms with Crippen molar-refractivity contribution in [2.45, 2.75) is 34.1 Å². The zero-order valence-corrected chi connectivity index (χ0v) is 12.6. The van der Waals surface area contributed by atoms with Crippen molar-refractivity contribution in [3.8, 4) is 5.88 Å². The van der Waals surface area contributed by atoms with Gasteiger partial charge in [-0.15, -0.1) is 0 Å². The first-order chi connectivity index (χ1) is 9.61. The maximum absolute atomic E-state index is 6.09. The molecule has 0 bridgehead atoms. The molecule has 0 fully saturated rings. The number of hydrogen-bond donors (Lipinski definition) is 0. The topological polar surface area (TPSA) is 22.1 Å².